The SMILES string of the molecule is CCCCc1ccccc1C(=O)O. The van der Waals surface area contributed by atoms with E-state index in [0.29, 0.717) is 5.56 Å². The van der Waals surface area contributed by atoms with E-state index < -0.39 is 5.97 Å². The number of carbonyl (C=O) groups is 1. The van der Waals surface area contributed by atoms with Gasteiger partial charge in [-0.25, -0.2) is 4.79 Å². The fourth-order valence-corrected chi connectivity index (χ4v) is 1.31. The van der Waals surface area contributed by atoms with Crippen molar-refractivity contribution in [3.8, 4) is 0 Å². The Morgan fingerprint density at radius 3 is 2.69 bits per heavy atom. The van der Waals surface area contributed by atoms with E-state index in [-0.39, 0.29) is 0 Å². The fourth-order valence-electron chi connectivity index (χ4n) is 1.31. The molecule has 0 unspecified atom stereocenters. The fraction of sp³-hybridized carbons (Fsp3) is 0.364. The van der Waals surface area contributed by atoms with E-state index in [0.717, 1.165) is 24.8 Å². The predicted octanol–water partition coefficient (Wildman–Crippen LogP) is 2.73. The molecule has 0 heterocycles. The highest BCUT2D eigenvalue weighted by Crippen LogP contribution is 2.11. The van der Waals surface area contributed by atoms with E-state index in [1.807, 2.05) is 12.1 Å². The molecule has 70 valence electrons. The molecule has 0 radical (unpaired) electrons. The van der Waals surface area contributed by atoms with Crippen LogP contribution in [0.3, 0.4) is 0 Å². The highest BCUT2D eigenvalue weighted by molar-refractivity contribution is 5.89. The zero-order chi connectivity index (χ0) is 9.68. The topological polar surface area (TPSA) is 37.3 Å². The van der Waals surface area contributed by atoms with E-state index in [1.54, 1.807) is 12.1 Å². The highest BCUT2D eigenvalue weighted by Gasteiger charge is 2.07. The first-order valence-corrected chi connectivity index (χ1v) is 4.57. The van der Waals surface area contributed by atoms with Gasteiger partial charge in [0.2, 0.25) is 0 Å². The van der Waals surface area contributed by atoms with Crippen molar-refractivity contribution in [2.24, 2.45) is 0 Å². The van der Waals surface area contributed by atoms with Gasteiger partial charge in [-0.3, -0.25) is 0 Å². The molecule has 0 fully saturated rings. The Labute approximate surface area is 78.2 Å². The first kappa shape index (κ1) is 9.78. The van der Waals surface area contributed by atoms with E-state index in [1.165, 1.54) is 0 Å². The second-order valence-electron chi connectivity index (χ2n) is 3.07. The Morgan fingerprint density at radius 2 is 2.08 bits per heavy atom. The van der Waals surface area contributed by atoms with Crippen molar-refractivity contribution >= 4 is 5.97 Å². The molecule has 0 amide bonds. The monoisotopic (exact) mass is 178 g/mol. The third-order valence-corrected chi connectivity index (χ3v) is 2.05. The number of benzene rings is 1. The summed E-state index contributed by atoms with van der Waals surface area (Å²) >= 11 is 0. The molecule has 0 aliphatic heterocycles. The van der Waals surface area contributed by atoms with Gasteiger partial charge in [0.1, 0.15) is 0 Å². The van der Waals surface area contributed by atoms with E-state index in [9.17, 15) is 4.79 Å². The number of carboxylic acids is 1. The van der Waals surface area contributed by atoms with Gasteiger partial charge in [-0.2, -0.15) is 0 Å². The summed E-state index contributed by atoms with van der Waals surface area (Å²) in [5.41, 5.74) is 1.38. The Kier molecular flexibility index (Phi) is 3.50. The van der Waals surface area contributed by atoms with Gasteiger partial charge in [-0.1, -0.05) is 31.5 Å². The van der Waals surface area contributed by atoms with Crippen LogP contribution in [0, 0.1) is 0 Å². The van der Waals surface area contributed by atoms with Crippen LogP contribution in [-0.4, -0.2) is 11.1 Å². The summed E-state index contributed by atoms with van der Waals surface area (Å²) in [6.07, 6.45) is 3.00. The third-order valence-electron chi connectivity index (χ3n) is 2.05. The summed E-state index contributed by atoms with van der Waals surface area (Å²) < 4.78 is 0. The molecule has 13 heavy (non-hydrogen) atoms. The van der Waals surface area contributed by atoms with Crippen LogP contribution in [0.1, 0.15) is 35.7 Å². The zero-order valence-electron chi connectivity index (χ0n) is 7.79. The van der Waals surface area contributed by atoms with Crippen molar-refractivity contribution in [2.75, 3.05) is 0 Å². The van der Waals surface area contributed by atoms with Crippen LogP contribution in [0.15, 0.2) is 24.3 Å². The third kappa shape index (κ3) is 2.58. The smallest absolute Gasteiger partial charge is 0.335 e. The maximum absolute atomic E-state index is 10.8. The Bertz CT molecular complexity index is 292. The number of hydrogen-bond donors (Lipinski definition) is 1. The van der Waals surface area contributed by atoms with Crippen LogP contribution in [0.5, 0.6) is 0 Å². The molecule has 0 saturated heterocycles. The van der Waals surface area contributed by atoms with Crippen molar-refractivity contribution in [1.82, 2.24) is 0 Å². The lowest BCUT2D eigenvalue weighted by Crippen LogP contribution is -2.01. The molecule has 1 rings (SSSR count). The van der Waals surface area contributed by atoms with Crippen LogP contribution in [0.4, 0.5) is 0 Å². The van der Waals surface area contributed by atoms with Crippen molar-refractivity contribution in [1.29, 1.82) is 0 Å². The largest absolute Gasteiger partial charge is 0.478 e. The van der Waals surface area contributed by atoms with E-state index in [2.05, 4.69) is 6.92 Å². The second kappa shape index (κ2) is 4.65. The Balaban J connectivity index is 2.84. The van der Waals surface area contributed by atoms with Gasteiger partial charge in [0.05, 0.1) is 5.56 Å². The summed E-state index contributed by atoms with van der Waals surface area (Å²) in [4.78, 5) is 10.8. The van der Waals surface area contributed by atoms with E-state index >= 15 is 0 Å². The maximum atomic E-state index is 10.8. The van der Waals surface area contributed by atoms with Crippen LogP contribution in [0.2, 0.25) is 0 Å². The number of rotatable bonds is 4. The van der Waals surface area contributed by atoms with Gasteiger partial charge >= 0.3 is 5.97 Å². The summed E-state index contributed by atoms with van der Waals surface area (Å²) in [5.74, 6) is -0.827. The molecule has 0 aromatic heterocycles. The first-order valence-electron chi connectivity index (χ1n) is 4.57. The Hall–Kier alpha value is -1.31. The van der Waals surface area contributed by atoms with Crippen LogP contribution in [-0.2, 0) is 6.42 Å². The number of hydrogen-bond acceptors (Lipinski definition) is 1. The first-order chi connectivity index (χ1) is 6.25. The predicted molar refractivity (Wildman–Crippen MR) is 52.0 cm³/mol. The maximum Gasteiger partial charge on any atom is 0.335 e. The minimum absolute atomic E-state index is 0.441. The van der Waals surface area contributed by atoms with Gasteiger partial charge in [0.25, 0.3) is 0 Å². The summed E-state index contributed by atoms with van der Waals surface area (Å²) in [7, 11) is 0. The molecule has 1 aromatic carbocycles. The summed E-state index contributed by atoms with van der Waals surface area (Å²) in [6, 6.07) is 7.20. The van der Waals surface area contributed by atoms with Gasteiger partial charge in [-0.15, -0.1) is 0 Å². The van der Waals surface area contributed by atoms with Gasteiger partial charge in [-0.05, 0) is 24.5 Å². The average Bonchev–Trinajstić information content (AvgIpc) is 2.15. The molecule has 0 bridgehead atoms. The van der Waals surface area contributed by atoms with Crippen molar-refractivity contribution in [2.45, 2.75) is 26.2 Å². The molecule has 0 aliphatic carbocycles. The number of carboxylic acid groups (broad SMARTS) is 1. The van der Waals surface area contributed by atoms with Crippen LogP contribution in [0.25, 0.3) is 0 Å². The molecule has 0 aliphatic rings. The molecule has 0 saturated carbocycles. The minimum atomic E-state index is -0.827. The Morgan fingerprint density at radius 1 is 1.38 bits per heavy atom. The van der Waals surface area contributed by atoms with Crippen molar-refractivity contribution in [3.63, 3.8) is 0 Å². The summed E-state index contributed by atoms with van der Waals surface area (Å²) in [5, 5.41) is 8.86. The second-order valence-corrected chi connectivity index (χ2v) is 3.07. The van der Waals surface area contributed by atoms with E-state index in [4.69, 9.17) is 5.11 Å². The lowest BCUT2D eigenvalue weighted by atomic mass is 10.0. The number of unbranched alkanes of at least 4 members (excludes halogenated alkanes) is 1. The van der Waals surface area contributed by atoms with Gasteiger partial charge in [0.15, 0.2) is 0 Å². The highest BCUT2D eigenvalue weighted by atomic mass is 16.4. The molecular weight excluding hydrogens is 164 g/mol. The van der Waals surface area contributed by atoms with Crippen molar-refractivity contribution in [3.05, 3.63) is 35.4 Å². The summed E-state index contributed by atoms with van der Waals surface area (Å²) in [6.45, 7) is 2.10. The van der Waals surface area contributed by atoms with Crippen LogP contribution < -0.4 is 0 Å². The standard InChI is InChI=1S/C11H14O2/c1-2-3-6-9-7-4-5-8-10(9)11(12)13/h4-5,7-8H,2-3,6H2,1H3,(H,12,13). The molecule has 0 spiro atoms. The average molecular weight is 178 g/mol. The molecule has 2 heteroatoms. The lowest BCUT2D eigenvalue weighted by Gasteiger charge is -2.03. The molecule has 2 nitrogen and oxygen atoms in total. The van der Waals surface area contributed by atoms with Gasteiger partial charge in [0, 0.05) is 0 Å². The minimum Gasteiger partial charge on any atom is -0.478 e. The number of aryl methyl sites for hydroxylation is 1. The molecule has 1 N–H and O–H groups in total. The van der Waals surface area contributed by atoms with Crippen molar-refractivity contribution < 1.29 is 9.90 Å². The zero-order valence-corrected chi connectivity index (χ0v) is 7.79. The normalized spacial score (nSPS) is 9.92. The number of aromatic carboxylic acids is 1. The molecule has 1 aromatic rings. The van der Waals surface area contributed by atoms with Crippen LogP contribution >= 0.6 is 0 Å². The molecular formula is C11H14O2. The quantitative estimate of drug-likeness (QED) is 0.769. The van der Waals surface area contributed by atoms with Gasteiger partial charge < -0.3 is 5.11 Å². The lowest BCUT2D eigenvalue weighted by molar-refractivity contribution is 0.0695. The molecule has 0 atom stereocenters.